The SMILES string of the molecule is CCCCCCCCCCCCCCCCCCCCCCCCCCCCCCCCCCC1(c2ccccc2)NC(C)=CO1. The summed E-state index contributed by atoms with van der Waals surface area (Å²) >= 11 is 0. The van der Waals surface area contributed by atoms with Gasteiger partial charge in [0, 0.05) is 17.7 Å². The molecule has 1 atom stereocenters. The monoisotopic (exact) mass is 638 g/mol. The number of benzene rings is 1. The fourth-order valence-corrected chi connectivity index (χ4v) is 7.43. The van der Waals surface area contributed by atoms with Crippen LogP contribution < -0.4 is 5.32 Å². The van der Waals surface area contributed by atoms with Crippen LogP contribution in [0.4, 0.5) is 0 Å². The average molecular weight is 638 g/mol. The van der Waals surface area contributed by atoms with Gasteiger partial charge >= 0.3 is 0 Å². The van der Waals surface area contributed by atoms with Crippen molar-refractivity contribution in [1.82, 2.24) is 5.32 Å². The van der Waals surface area contributed by atoms with Crippen LogP contribution in [0, 0.1) is 0 Å². The Balaban J connectivity index is 1.21. The van der Waals surface area contributed by atoms with Crippen LogP contribution in [0.25, 0.3) is 0 Å². The van der Waals surface area contributed by atoms with Crippen LogP contribution >= 0.6 is 0 Å². The molecule has 1 heterocycles. The Kier molecular flexibility index (Phi) is 26.3. The van der Waals surface area contributed by atoms with Crippen LogP contribution in [-0.4, -0.2) is 0 Å². The van der Waals surface area contributed by atoms with Gasteiger partial charge in [0.25, 0.3) is 0 Å². The van der Waals surface area contributed by atoms with Gasteiger partial charge in [-0.3, -0.25) is 0 Å². The molecule has 0 aromatic heterocycles. The van der Waals surface area contributed by atoms with E-state index < -0.39 is 0 Å². The molecule has 2 nitrogen and oxygen atoms in total. The first kappa shape index (κ1) is 40.7. The number of unbranched alkanes of at least 4 members (excludes halogenated alkanes) is 31. The third-order valence-corrected chi connectivity index (χ3v) is 10.5. The molecule has 0 bridgehead atoms. The molecular formula is C44H79NO. The molecule has 0 spiro atoms. The maximum atomic E-state index is 6.13. The lowest BCUT2D eigenvalue weighted by Crippen LogP contribution is -2.38. The van der Waals surface area contributed by atoms with Crippen molar-refractivity contribution in [3.05, 3.63) is 47.9 Å². The van der Waals surface area contributed by atoms with Gasteiger partial charge in [0.15, 0.2) is 0 Å². The van der Waals surface area contributed by atoms with E-state index in [1.807, 2.05) is 6.26 Å². The van der Waals surface area contributed by atoms with Crippen molar-refractivity contribution < 1.29 is 4.74 Å². The third-order valence-electron chi connectivity index (χ3n) is 10.5. The largest absolute Gasteiger partial charge is 0.470 e. The van der Waals surface area contributed by atoms with Gasteiger partial charge < -0.3 is 10.1 Å². The maximum absolute atomic E-state index is 6.13. The lowest BCUT2D eigenvalue weighted by Gasteiger charge is -2.30. The molecule has 1 aliphatic heterocycles. The van der Waals surface area contributed by atoms with Gasteiger partial charge in [-0.1, -0.05) is 236 Å². The van der Waals surface area contributed by atoms with Gasteiger partial charge in [-0.05, 0) is 13.3 Å². The zero-order chi connectivity index (χ0) is 32.6. The molecule has 1 unspecified atom stereocenters. The summed E-state index contributed by atoms with van der Waals surface area (Å²) in [5, 5.41) is 3.60. The van der Waals surface area contributed by atoms with E-state index in [0.717, 1.165) is 12.1 Å². The van der Waals surface area contributed by atoms with Crippen molar-refractivity contribution in [3.8, 4) is 0 Å². The Morgan fingerprint density at radius 1 is 0.435 bits per heavy atom. The molecule has 2 rings (SSSR count). The highest BCUT2D eigenvalue weighted by molar-refractivity contribution is 5.25. The molecule has 1 aliphatic rings. The Labute approximate surface area is 288 Å². The Bertz CT molecular complexity index is 803. The summed E-state index contributed by atoms with van der Waals surface area (Å²) in [5.74, 6) is 0. The van der Waals surface area contributed by atoms with E-state index in [9.17, 15) is 0 Å². The van der Waals surface area contributed by atoms with Gasteiger partial charge in [0.1, 0.15) is 6.26 Å². The summed E-state index contributed by atoms with van der Waals surface area (Å²) in [7, 11) is 0. The molecule has 1 N–H and O–H groups in total. The van der Waals surface area contributed by atoms with E-state index >= 15 is 0 Å². The molecule has 0 saturated carbocycles. The van der Waals surface area contributed by atoms with Crippen LogP contribution in [0.5, 0.6) is 0 Å². The summed E-state index contributed by atoms with van der Waals surface area (Å²) in [6.07, 6.45) is 49.3. The van der Waals surface area contributed by atoms with Crippen LogP contribution in [0.15, 0.2) is 42.3 Å². The van der Waals surface area contributed by atoms with E-state index in [1.54, 1.807) is 0 Å². The lowest BCUT2D eigenvalue weighted by molar-refractivity contribution is 0.00867. The fourth-order valence-electron chi connectivity index (χ4n) is 7.43. The quantitative estimate of drug-likeness (QED) is 0.0759. The second-order valence-corrected chi connectivity index (χ2v) is 14.9. The number of nitrogens with one attached hydrogen (secondary N) is 1. The number of rotatable bonds is 34. The molecule has 1 aromatic rings. The molecule has 0 amide bonds. The number of hydrogen-bond donors (Lipinski definition) is 1. The molecule has 0 aliphatic carbocycles. The highest BCUT2D eigenvalue weighted by Crippen LogP contribution is 2.34. The first-order valence-corrected chi connectivity index (χ1v) is 20.9. The minimum absolute atomic E-state index is 0.351. The molecule has 0 radical (unpaired) electrons. The molecule has 266 valence electrons. The topological polar surface area (TPSA) is 21.3 Å². The summed E-state index contributed by atoms with van der Waals surface area (Å²) in [5.41, 5.74) is 2.01. The molecule has 2 heteroatoms. The first-order valence-electron chi connectivity index (χ1n) is 20.9. The van der Waals surface area contributed by atoms with E-state index in [0.29, 0.717) is 0 Å². The van der Waals surface area contributed by atoms with Crippen molar-refractivity contribution in [1.29, 1.82) is 0 Å². The van der Waals surface area contributed by atoms with Gasteiger partial charge in [0.2, 0.25) is 5.72 Å². The fraction of sp³-hybridized carbons (Fsp3) is 0.818. The van der Waals surface area contributed by atoms with E-state index in [4.69, 9.17) is 4.74 Å². The van der Waals surface area contributed by atoms with Gasteiger partial charge in [-0.25, -0.2) is 0 Å². The van der Waals surface area contributed by atoms with Crippen molar-refractivity contribution in [2.45, 2.75) is 231 Å². The Morgan fingerprint density at radius 2 is 0.739 bits per heavy atom. The zero-order valence-corrected chi connectivity index (χ0v) is 31.2. The molecule has 46 heavy (non-hydrogen) atoms. The van der Waals surface area contributed by atoms with E-state index in [1.165, 1.54) is 211 Å². The predicted octanol–water partition coefficient (Wildman–Crippen LogP) is 15.2. The van der Waals surface area contributed by atoms with Crippen LogP contribution in [0.3, 0.4) is 0 Å². The van der Waals surface area contributed by atoms with E-state index in [2.05, 4.69) is 49.5 Å². The Morgan fingerprint density at radius 3 is 1.02 bits per heavy atom. The minimum atomic E-state index is -0.351. The van der Waals surface area contributed by atoms with Gasteiger partial charge in [-0.2, -0.15) is 0 Å². The van der Waals surface area contributed by atoms with Crippen LogP contribution in [-0.2, 0) is 10.5 Å². The van der Waals surface area contributed by atoms with Crippen LogP contribution in [0.1, 0.15) is 231 Å². The summed E-state index contributed by atoms with van der Waals surface area (Å²) in [4.78, 5) is 0. The molecule has 0 saturated heterocycles. The molecular weight excluding hydrogens is 558 g/mol. The lowest BCUT2D eigenvalue weighted by atomic mass is 9.95. The van der Waals surface area contributed by atoms with E-state index in [-0.39, 0.29) is 5.72 Å². The highest BCUT2D eigenvalue weighted by Gasteiger charge is 2.36. The van der Waals surface area contributed by atoms with Gasteiger partial charge in [-0.15, -0.1) is 0 Å². The van der Waals surface area contributed by atoms with Crippen LogP contribution in [0.2, 0.25) is 0 Å². The molecule has 0 fully saturated rings. The highest BCUT2D eigenvalue weighted by atomic mass is 16.5. The third kappa shape index (κ3) is 21.4. The predicted molar refractivity (Wildman–Crippen MR) is 204 cm³/mol. The van der Waals surface area contributed by atoms with Crippen molar-refractivity contribution in [3.63, 3.8) is 0 Å². The van der Waals surface area contributed by atoms with Crippen molar-refractivity contribution >= 4 is 0 Å². The van der Waals surface area contributed by atoms with Crippen molar-refractivity contribution in [2.24, 2.45) is 0 Å². The standard InChI is InChI=1S/C44H79NO/c1-3-4-5-6-7-8-9-10-11-12-13-14-15-16-17-18-19-20-21-22-23-24-25-26-27-28-29-30-31-32-33-37-40-44(45-42(2)41-46-44)43-38-35-34-36-39-43/h34-36,38-39,41,45H,3-33,37,40H2,1-2H3. The molecule has 1 aromatic carbocycles. The average Bonchev–Trinajstić information content (AvgIpc) is 3.47. The number of hydrogen-bond acceptors (Lipinski definition) is 2. The minimum Gasteiger partial charge on any atom is -0.470 e. The smallest absolute Gasteiger partial charge is 0.206 e. The normalized spacial score (nSPS) is 16.0. The number of allylic oxidation sites excluding steroid dienone is 1. The summed E-state index contributed by atoms with van der Waals surface area (Å²) in [6, 6.07) is 10.7. The Hall–Kier alpha value is -1.44. The first-order chi connectivity index (χ1) is 22.8. The summed E-state index contributed by atoms with van der Waals surface area (Å²) < 4.78 is 6.13. The number of ether oxygens (including phenoxy) is 1. The zero-order valence-electron chi connectivity index (χ0n) is 31.2. The second kappa shape index (κ2) is 29.7. The summed E-state index contributed by atoms with van der Waals surface area (Å²) in [6.45, 7) is 4.40. The maximum Gasteiger partial charge on any atom is 0.206 e. The van der Waals surface area contributed by atoms with Crippen molar-refractivity contribution in [2.75, 3.05) is 0 Å². The second-order valence-electron chi connectivity index (χ2n) is 14.9. The van der Waals surface area contributed by atoms with Gasteiger partial charge in [0.05, 0.1) is 0 Å².